The number of hydrogen-bond acceptors (Lipinski definition) is 3. The summed E-state index contributed by atoms with van der Waals surface area (Å²) in [5.41, 5.74) is 0.879. The molecule has 0 heterocycles. The number of rotatable bonds is 4. The normalized spacial score (nSPS) is 10.9. The first-order valence-corrected chi connectivity index (χ1v) is 5.86. The van der Waals surface area contributed by atoms with Gasteiger partial charge in [-0.15, -0.1) is 0 Å². The lowest BCUT2D eigenvalue weighted by Crippen LogP contribution is -2.26. The van der Waals surface area contributed by atoms with Crippen molar-refractivity contribution in [2.45, 2.75) is 6.92 Å². The van der Waals surface area contributed by atoms with Gasteiger partial charge in [-0.3, -0.25) is 4.79 Å². The van der Waals surface area contributed by atoms with E-state index in [1.54, 1.807) is 43.5 Å². The Balaban J connectivity index is 3.02. The van der Waals surface area contributed by atoms with Gasteiger partial charge in [-0.1, -0.05) is 30.4 Å². The predicted molar refractivity (Wildman–Crippen MR) is 75.1 cm³/mol. The Bertz CT molecular complexity index is 518. The zero-order valence-electron chi connectivity index (χ0n) is 11.3. The maximum atomic E-state index is 11.9. The second-order valence-electron chi connectivity index (χ2n) is 3.79. The molecule has 4 nitrogen and oxygen atoms in total. The van der Waals surface area contributed by atoms with Crippen LogP contribution in [0.25, 0.3) is 0 Å². The summed E-state index contributed by atoms with van der Waals surface area (Å²) in [7, 11) is 2.93. The monoisotopic (exact) mass is 259 g/mol. The predicted octanol–water partition coefficient (Wildman–Crippen LogP) is 2.57. The second-order valence-corrected chi connectivity index (χ2v) is 3.79. The van der Waals surface area contributed by atoms with E-state index in [9.17, 15) is 9.59 Å². The van der Waals surface area contributed by atoms with Crippen LogP contribution in [0, 0.1) is 0 Å². The number of carbonyl (C=O) groups is 2. The number of anilines is 1. The van der Waals surface area contributed by atoms with Crippen molar-refractivity contribution in [2.75, 3.05) is 19.1 Å². The van der Waals surface area contributed by atoms with Crippen molar-refractivity contribution in [1.29, 1.82) is 0 Å². The minimum absolute atomic E-state index is 0.213. The van der Waals surface area contributed by atoms with Crippen LogP contribution in [0.5, 0.6) is 0 Å². The molecule has 1 aromatic rings. The summed E-state index contributed by atoms with van der Waals surface area (Å²) in [5, 5.41) is 0. The van der Waals surface area contributed by atoms with Crippen LogP contribution in [0.3, 0.4) is 0 Å². The number of esters is 1. The minimum Gasteiger partial charge on any atom is -0.465 e. The van der Waals surface area contributed by atoms with Crippen molar-refractivity contribution in [3.8, 4) is 0 Å². The maximum absolute atomic E-state index is 11.9. The molecular formula is C15H17NO3. The first-order chi connectivity index (χ1) is 9.11. The Hall–Kier alpha value is -2.36. The van der Waals surface area contributed by atoms with E-state index in [-0.39, 0.29) is 5.91 Å². The fraction of sp³-hybridized carbons (Fsp3) is 0.200. The van der Waals surface area contributed by atoms with Gasteiger partial charge < -0.3 is 9.64 Å². The van der Waals surface area contributed by atoms with E-state index in [4.69, 9.17) is 4.74 Å². The molecule has 0 aliphatic rings. The van der Waals surface area contributed by atoms with Crippen LogP contribution in [0.4, 0.5) is 5.69 Å². The number of nitrogens with zero attached hydrogens (tertiary/aromatic N) is 1. The van der Waals surface area contributed by atoms with Crippen LogP contribution in [-0.4, -0.2) is 26.0 Å². The number of hydrogen-bond donors (Lipinski definition) is 0. The van der Waals surface area contributed by atoms with Crippen LogP contribution in [-0.2, 0) is 9.53 Å². The van der Waals surface area contributed by atoms with Gasteiger partial charge in [-0.2, -0.15) is 0 Å². The molecule has 0 saturated heterocycles. The van der Waals surface area contributed by atoms with Gasteiger partial charge in [0.1, 0.15) is 0 Å². The minimum atomic E-state index is -0.465. The molecule has 100 valence electrons. The average molecular weight is 259 g/mol. The van der Waals surface area contributed by atoms with Gasteiger partial charge in [0.15, 0.2) is 0 Å². The van der Waals surface area contributed by atoms with Crippen LogP contribution in [0.1, 0.15) is 17.3 Å². The number of methoxy groups -OCH3 is 1. The SMILES string of the molecule is C/C=C/C=C/C(=O)N(C)c1ccccc1C(=O)OC. The van der Waals surface area contributed by atoms with Crippen molar-refractivity contribution in [3.05, 3.63) is 54.1 Å². The lowest BCUT2D eigenvalue weighted by Gasteiger charge is -2.18. The fourth-order valence-electron chi connectivity index (χ4n) is 1.53. The third-order valence-corrected chi connectivity index (χ3v) is 2.54. The highest BCUT2D eigenvalue weighted by atomic mass is 16.5. The summed E-state index contributed by atoms with van der Waals surface area (Å²) in [6.07, 6.45) is 6.68. The van der Waals surface area contributed by atoms with Crippen LogP contribution in [0.2, 0.25) is 0 Å². The van der Waals surface area contributed by atoms with Gasteiger partial charge in [0.2, 0.25) is 0 Å². The average Bonchev–Trinajstić information content (AvgIpc) is 2.45. The molecule has 1 aromatic carbocycles. The van der Waals surface area contributed by atoms with Crippen molar-refractivity contribution in [3.63, 3.8) is 0 Å². The Morgan fingerprint density at radius 2 is 1.89 bits per heavy atom. The molecule has 0 saturated carbocycles. The summed E-state index contributed by atoms with van der Waals surface area (Å²) < 4.78 is 4.70. The molecule has 1 amide bonds. The summed E-state index contributed by atoms with van der Waals surface area (Å²) in [6.45, 7) is 1.87. The standard InChI is InChI=1S/C15H17NO3/c1-4-5-6-11-14(17)16(2)13-10-8-7-9-12(13)15(18)19-3/h4-11H,1-3H3/b5-4+,11-6+. The third-order valence-electron chi connectivity index (χ3n) is 2.54. The quantitative estimate of drug-likeness (QED) is 0.474. The number of allylic oxidation sites excluding steroid dienone is 3. The molecule has 0 atom stereocenters. The van der Waals surface area contributed by atoms with E-state index in [2.05, 4.69) is 0 Å². The molecular weight excluding hydrogens is 242 g/mol. The first-order valence-electron chi connectivity index (χ1n) is 5.86. The highest BCUT2D eigenvalue weighted by Crippen LogP contribution is 2.20. The molecule has 0 unspecified atom stereocenters. The van der Waals surface area contributed by atoms with Crippen molar-refractivity contribution in [2.24, 2.45) is 0 Å². The molecule has 0 N–H and O–H groups in total. The van der Waals surface area contributed by atoms with Gasteiger partial charge in [-0.25, -0.2) is 4.79 Å². The molecule has 0 fully saturated rings. The maximum Gasteiger partial charge on any atom is 0.339 e. The Kier molecular flexibility index (Phi) is 5.54. The van der Waals surface area contributed by atoms with Gasteiger partial charge in [0.05, 0.1) is 18.4 Å². The zero-order chi connectivity index (χ0) is 14.3. The number of para-hydroxylation sites is 1. The van der Waals surface area contributed by atoms with E-state index < -0.39 is 5.97 Å². The number of ether oxygens (including phenoxy) is 1. The first kappa shape index (κ1) is 14.7. The lowest BCUT2D eigenvalue weighted by molar-refractivity contribution is -0.113. The molecule has 0 bridgehead atoms. The second kappa shape index (κ2) is 7.16. The van der Waals surface area contributed by atoms with E-state index in [0.29, 0.717) is 11.3 Å². The topological polar surface area (TPSA) is 46.6 Å². The molecule has 0 aromatic heterocycles. The highest BCUT2D eigenvalue weighted by molar-refractivity contribution is 6.06. The van der Waals surface area contributed by atoms with Gasteiger partial charge in [-0.05, 0) is 19.1 Å². The van der Waals surface area contributed by atoms with Crippen LogP contribution >= 0.6 is 0 Å². The van der Waals surface area contributed by atoms with E-state index >= 15 is 0 Å². The van der Waals surface area contributed by atoms with Crippen molar-refractivity contribution >= 4 is 17.6 Å². The molecule has 0 spiro atoms. The van der Waals surface area contributed by atoms with E-state index in [1.807, 2.05) is 13.0 Å². The number of carbonyl (C=O) groups excluding carboxylic acids is 2. The molecule has 4 heteroatoms. The van der Waals surface area contributed by atoms with Crippen molar-refractivity contribution in [1.82, 2.24) is 0 Å². The summed E-state index contributed by atoms with van der Waals surface area (Å²) >= 11 is 0. The number of amides is 1. The molecule has 19 heavy (non-hydrogen) atoms. The Morgan fingerprint density at radius 3 is 2.53 bits per heavy atom. The van der Waals surface area contributed by atoms with Crippen LogP contribution in [0.15, 0.2) is 48.6 Å². The van der Waals surface area contributed by atoms with Gasteiger partial charge in [0.25, 0.3) is 5.91 Å². The summed E-state index contributed by atoms with van der Waals surface area (Å²) in [5.74, 6) is -0.679. The fourth-order valence-corrected chi connectivity index (χ4v) is 1.53. The van der Waals surface area contributed by atoms with E-state index in [1.165, 1.54) is 18.1 Å². The van der Waals surface area contributed by atoms with Gasteiger partial charge >= 0.3 is 5.97 Å². The van der Waals surface area contributed by atoms with E-state index in [0.717, 1.165) is 0 Å². The molecule has 0 radical (unpaired) electrons. The summed E-state index contributed by atoms with van der Waals surface area (Å²) in [6, 6.07) is 6.82. The number of likely N-dealkylation sites (N-methyl/N-ethyl adjacent to an activating group) is 1. The van der Waals surface area contributed by atoms with Crippen LogP contribution < -0.4 is 4.90 Å². The smallest absolute Gasteiger partial charge is 0.339 e. The van der Waals surface area contributed by atoms with Gasteiger partial charge in [0, 0.05) is 13.1 Å². The largest absolute Gasteiger partial charge is 0.465 e. The lowest BCUT2D eigenvalue weighted by atomic mass is 10.1. The highest BCUT2D eigenvalue weighted by Gasteiger charge is 2.16. The number of benzene rings is 1. The molecule has 0 aliphatic heterocycles. The summed E-state index contributed by atoms with van der Waals surface area (Å²) in [4.78, 5) is 25.0. The zero-order valence-corrected chi connectivity index (χ0v) is 11.3. The third kappa shape index (κ3) is 3.81. The van der Waals surface area contributed by atoms with Crippen molar-refractivity contribution < 1.29 is 14.3 Å². The molecule has 0 aliphatic carbocycles. The molecule has 1 rings (SSSR count). The Morgan fingerprint density at radius 1 is 1.21 bits per heavy atom. The Labute approximate surface area is 113 Å².